The van der Waals surface area contributed by atoms with Gasteiger partial charge in [-0.3, -0.25) is 0 Å². The number of nitrogens with zero attached hydrogens (tertiary/aromatic N) is 4. The van der Waals surface area contributed by atoms with E-state index in [0.29, 0.717) is 6.04 Å². The third-order valence-corrected chi connectivity index (χ3v) is 6.12. The quantitative estimate of drug-likeness (QED) is 0.876. The first-order valence-corrected chi connectivity index (χ1v) is 10.5. The highest BCUT2D eigenvalue weighted by molar-refractivity contribution is 5.98. The average molecular weight is 384 g/mol. The van der Waals surface area contributed by atoms with E-state index in [1.165, 1.54) is 19.3 Å². The van der Waals surface area contributed by atoms with Crippen LogP contribution in [0.25, 0.3) is 10.9 Å². The maximum Gasteiger partial charge on any atom is 0.131 e. The summed E-state index contributed by atoms with van der Waals surface area (Å²) in [7, 11) is 6.15. The molecule has 1 N–H and O–H groups in total. The fourth-order valence-corrected chi connectivity index (χ4v) is 4.33. The zero-order chi connectivity index (χ0) is 19.5. The number of aromatic nitrogens is 1. The van der Waals surface area contributed by atoms with Crippen LogP contribution in [0.2, 0.25) is 0 Å². The molecule has 0 unspecified atom stereocenters. The summed E-state index contributed by atoms with van der Waals surface area (Å²) in [5, 5.41) is 4.94. The Labute approximate surface area is 168 Å². The number of likely N-dealkylation sites (N-methyl/N-ethyl adjacent to an activating group) is 1. The number of fused-ring (bicyclic) bond motifs is 1. The number of piperidine rings is 1. The summed E-state index contributed by atoms with van der Waals surface area (Å²) in [6.45, 7) is 6.59. The Hall–Kier alpha value is -2.05. The van der Waals surface area contributed by atoms with Crippen molar-refractivity contribution in [1.82, 2.24) is 14.8 Å². The fraction of sp³-hybridized carbons (Fsp3) is 0.591. The number of benzene rings is 1. The van der Waals surface area contributed by atoms with Crippen molar-refractivity contribution in [3.8, 4) is 5.75 Å². The first-order chi connectivity index (χ1) is 13.6. The van der Waals surface area contributed by atoms with E-state index >= 15 is 0 Å². The van der Waals surface area contributed by atoms with E-state index in [1.54, 1.807) is 7.11 Å². The number of hydrogen-bond acceptors (Lipinski definition) is 6. The molecule has 0 bridgehead atoms. The number of hydrogen-bond donors (Lipinski definition) is 1. The molecule has 0 aliphatic carbocycles. The maximum atomic E-state index is 5.69. The van der Waals surface area contributed by atoms with E-state index in [4.69, 9.17) is 9.72 Å². The molecule has 28 heavy (non-hydrogen) atoms. The van der Waals surface area contributed by atoms with E-state index in [1.807, 2.05) is 12.1 Å². The molecule has 2 aromatic rings. The van der Waals surface area contributed by atoms with Gasteiger partial charge in [0.25, 0.3) is 0 Å². The molecular weight excluding hydrogens is 350 g/mol. The monoisotopic (exact) mass is 383 g/mol. The van der Waals surface area contributed by atoms with E-state index in [0.717, 1.165) is 67.4 Å². The smallest absolute Gasteiger partial charge is 0.131 e. The largest absolute Gasteiger partial charge is 0.496 e. The van der Waals surface area contributed by atoms with Crippen LogP contribution in [-0.4, -0.2) is 81.3 Å². The van der Waals surface area contributed by atoms with Gasteiger partial charge in [-0.05, 0) is 65.1 Å². The Morgan fingerprint density at radius 2 is 1.79 bits per heavy atom. The van der Waals surface area contributed by atoms with Gasteiger partial charge in [0.05, 0.1) is 23.7 Å². The zero-order valence-electron chi connectivity index (χ0n) is 17.4. The van der Waals surface area contributed by atoms with Gasteiger partial charge < -0.3 is 24.8 Å². The molecule has 0 amide bonds. The number of pyridine rings is 1. The van der Waals surface area contributed by atoms with E-state index < -0.39 is 0 Å². The molecule has 6 nitrogen and oxygen atoms in total. The summed E-state index contributed by atoms with van der Waals surface area (Å²) in [6.07, 6.45) is 3.50. The van der Waals surface area contributed by atoms with Crippen LogP contribution in [0, 0.1) is 0 Å². The molecular formula is C22H33N5O. The summed E-state index contributed by atoms with van der Waals surface area (Å²) in [5.41, 5.74) is 2.16. The van der Waals surface area contributed by atoms with Crippen molar-refractivity contribution in [2.75, 3.05) is 70.7 Å². The molecule has 6 heteroatoms. The minimum atomic E-state index is 0.495. The lowest BCUT2D eigenvalue weighted by molar-refractivity contribution is 0.264. The Bertz CT molecular complexity index is 803. The maximum absolute atomic E-state index is 5.69. The Morgan fingerprint density at radius 3 is 2.57 bits per heavy atom. The van der Waals surface area contributed by atoms with Crippen molar-refractivity contribution in [3.63, 3.8) is 0 Å². The van der Waals surface area contributed by atoms with Crippen LogP contribution >= 0.6 is 0 Å². The summed E-state index contributed by atoms with van der Waals surface area (Å²) in [4.78, 5) is 12.3. The molecule has 3 heterocycles. The summed E-state index contributed by atoms with van der Waals surface area (Å²) >= 11 is 0. The topological polar surface area (TPSA) is 43.9 Å². The number of anilines is 2. The van der Waals surface area contributed by atoms with Gasteiger partial charge in [-0.2, -0.15) is 0 Å². The van der Waals surface area contributed by atoms with Gasteiger partial charge in [-0.1, -0.05) is 6.07 Å². The molecule has 2 saturated heterocycles. The van der Waals surface area contributed by atoms with Crippen LogP contribution < -0.4 is 15.0 Å². The molecule has 0 atom stereocenters. The highest BCUT2D eigenvalue weighted by Gasteiger charge is 2.21. The Morgan fingerprint density at radius 1 is 1.00 bits per heavy atom. The second-order valence-corrected chi connectivity index (χ2v) is 8.25. The lowest BCUT2D eigenvalue weighted by Gasteiger charge is -2.31. The highest BCUT2D eigenvalue weighted by Crippen LogP contribution is 2.35. The minimum absolute atomic E-state index is 0.495. The molecule has 2 fully saturated rings. The first-order valence-electron chi connectivity index (χ1n) is 10.5. The molecule has 0 spiro atoms. The zero-order valence-corrected chi connectivity index (χ0v) is 17.4. The number of methoxy groups -OCH3 is 1. The van der Waals surface area contributed by atoms with Crippen molar-refractivity contribution in [1.29, 1.82) is 0 Å². The normalized spacial score (nSPS) is 20.3. The lowest BCUT2D eigenvalue weighted by atomic mass is 10.0. The van der Waals surface area contributed by atoms with Crippen LogP contribution in [-0.2, 0) is 0 Å². The van der Waals surface area contributed by atoms with Gasteiger partial charge in [0.1, 0.15) is 11.6 Å². The summed E-state index contributed by atoms with van der Waals surface area (Å²) in [5.74, 6) is 1.97. The van der Waals surface area contributed by atoms with Crippen LogP contribution in [0.4, 0.5) is 11.5 Å². The van der Waals surface area contributed by atoms with Gasteiger partial charge in [0.15, 0.2) is 0 Å². The lowest BCUT2D eigenvalue weighted by Crippen LogP contribution is -2.36. The van der Waals surface area contributed by atoms with E-state index in [9.17, 15) is 0 Å². The molecule has 4 rings (SSSR count). The van der Waals surface area contributed by atoms with Gasteiger partial charge in [0.2, 0.25) is 0 Å². The third-order valence-electron chi connectivity index (χ3n) is 6.12. The van der Waals surface area contributed by atoms with Gasteiger partial charge in [-0.15, -0.1) is 0 Å². The van der Waals surface area contributed by atoms with Crippen molar-refractivity contribution < 1.29 is 4.74 Å². The molecule has 0 saturated carbocycles. The molecule has 0 radical (unpaired) electrons. The van der Waals surface area contributed by atoms with Gasteiger partial charge in [-0.25, -0.2) is 4.98 Å². The summed E-state index contributed by atoms with van der Waals surface area (Å²) in [6, 6.07) is 8.91. The molecule has 2 aliphatic rings. The molecule has 152 valence electrons. The number of rotatable bonds is 4. The number of ether oxygens (including phenoxy) is 1. The van der Waals surface area contributed by atoms with E-state index in [-0.39, 0.29) is 0 Å². The molecule has 2 aliphatic heterocycles. The highest BCUT2D eigenvalue weighted by atomic mass is 16.5. The Balaban J connectivity index is 1.69. The average Bonchev–Trinajstić information content (AvgIpc) is 2.93. The number of likely N-dealkylation sites (tertiary alicyclic amines) is 1. The van der Waals surface area contributed by atoms with Crippen molar-refractivity contribution in [2.45, 2.75) is 25.3 Å². The first kappa shape index (κ1) is 19.3. The van der Waals surface area contributed by atoms with Crippen LogP contribution in [0.15, 0.2) is 24.3 Å². The molecule has 1 aromatic heterocycles. The SMILES string of the molecule is COc1cccc2nc(N3CCCN(C)CC3)cc(NC3CCN(C)CC3)c12. The second kappa shape index (κ2) is 8.53. The van der Waals surface area contributed by atoms with Crippen molar-refractivity contribution in [2.24, 2.45) is 0 Å². The van der Waals surface area contributed by atoms with Crippen LogP contribution in [0.1, 0.15) is 19.3 Å². The van der Waals surface area contributed by atoms with E-state index in [2.05, 4.69) is 46.2 Å². The predicted molar refractivity (Wildman–Crippen MR) is 117 cm³/mol. The Kier molecular flexibility index (Phi) is 5.87. The van der Waals surface area contributed by atoms with Crippen LogP contribution in [0.3, 0.4) is 0 Å². The van der Waals surface area contributed by atoms with Crippen LogP contribution in [0.5, 0.6) is 5.75 Å². The standard InChI is InChI=1S/C22H33N5O/c1-25-10-5-11-27(15-14-25)21-16-19(23-17-8-12-26(2)13-9-17)22-18(24-21)6-4-7-20(22)28-3/h4,6-7,16-17H,5,8-15H2,1-3H3,(H,23,24). The minimum Gasteiger partial charge on any atom is -0.496 e. The number of nitrogens with one attached hydrogen (secondary N) is 1. The molecule has 1 aromatic carbocycles. The second-order valence-electron chi connectivity index (χ2n) is 8.25. The fourth-order valence-electron chi connectivity index (χ4n) is 4.33. The van der Waals surface area contributed by atoms with Crippen molar-refractivity contribution in [3.05, 3.63) is 24.3 Å². The third kappa shape index (κ3) is 4.18. The predicted octanol–water partition coefficient (Wildman–Crippen LogP) is 2.89. The van der Waals surface area contributed by atoms with Gasteiger partial charge in [0, 0.05) is 31.7 Å². The van der Waals surface area contributed by atoms with Crippen molar-refractivity contribution >= 4 is 22.4 Å². The summed E-state index contributed by atoms with van der Waals surface area (Å²) < 4.78 is 5.69. The van der Waals surface area contributed by atoms with Gasteiger partial charge >= 0.3 is 0 Å².